The molecule has 0 spiro atoms. The largest absolute Gasteiger partial charge is 0.373 e. The third-order valence-corrected chi connectivity index (χ3v) is 4.94. The Morgan fingerprint density at radius 3 is 2.24 bits per heavy atom. The first-order valence-corrected chi connectivity index (χ1v) is 8.58. The molecule has 1 unspecified atom stereocenters. The number of hydrogen-bond acceptors (Lipinski definition) is 3. The van der Waals surface area contributed by atoms with Crippen molar-refractivity contribution in [1.82, 2.24) is 5.32 Å². The van der Waals surface area contributed by atoms with E-state index in [9.17, 15) is 9.59 Å². The van der Waals surface area contributed by atoms with Crippen LogP contribution in [0.4, 0.5) is 5.69 Å². The number of carbonyl (C=O) groups excluding carboxylic acids is 2. The second kappa shape index (κ2) is 7.08. The number of imide groups is 1. The van der Waals surface area contributed by atoms with E-state index >= 15 is 0 Å². The van der Waals surface area contributed by atoms with Crippen molar-refractivity contribution in [3.8, 4) is 0 Å². The molecule has 1 aliphatic heterocycles. The first-order chi connectivity index (χ1) is 11.9. The van der Waals surface area contributed by atoms with Gasteiger partial charge in [-0.25, -0.2) is 4.90 Å². The highest BCUT2D eigenvalue weighted by atomic mass is 35.5. The first kappa shape index (κ1) is 17.8. The lowest BCUT2D eigenvalue weighted by atomic mass is 10.1. The Morgan fingerprint density at radius 2 is 1.60 bits per heavy atom. The molecule has 128 valence electrons. The molecular weight excluding hydrogens is 383 g/mol. The summed E-state index contributed by atoms with van der Waals surface area (Å²) in [6.07, 6.45) is 0. The van der Waals surface area contributed by atoms with E-state index in [4.69, 9.17) is 34.8 Å². The van der Waals surface area contributed by atoms with Gasteiger partial charge in [0.15, 0.2) is 0 Å². The van der Waals surface area contributed by atoms with E-state index in [0.29, 0.717) is 10.7 Å². The zero-order chi connectivity index (χ0) is 18.1. The lowest BCUT2D eigenvalue weighted by Crippen LogP contribution is -2.34. The Bertz CT molecular complexity index is 881. The number of nitrogens with one attached hydrogen (secondary N) is 1. The maximum atomic E-state index is 12.7. The predicted molar refractivity (Wildman–Crippen MR) is 99.8 cm³/mol. The molecule has 2 amide bonds. The van der Waals surface area contributed by atoms with Crippen molar-refractivity contribution in [2.75, 3.05) is 4.90 Å². The van der Waals surface area contributed by atoms with Crippen molar-refractivity contribution in [3.05, 3.63) is 74.9 Å². The molecule has 0 saturated heterocycles. The van der Waals surface area contributed by atoms with E-state index in [0.717, 1.165) is 10.5 Å². The van der Waals surface area contributed by atoms with E-state index in [-0.39, 0.29) is 21.8 Å². The highest BCUT2D eigenvalue weighted by Crippen LogP contribution is 2.33. The van der Waals surface area contributed by atoms with Crippen LogP contribution in [0.3, 0.4) is 0 Å². The fourth-order valence-corrected chi connectivity index (χ4v) is 3.04. The lowest BCUT2D eigenvalue weighted by Gasteiger charge is -2.18. The fraction of sp³-hybridized carbons (Fsp3) is 0.111. The number of benzene rings is 2. The molecule has 7 heteroatoms. The van der Waals surface area contributed by atoms with Crippen LogP contribution in [0.15, 0.2) is 59.3 Å². The minimum Gasteiger partial charge on any atom is -0.373 e. The predicted octanol–water partition coefficient (Wildman–Crippen LogP) is 4.67. The van der Waals surface area contributed by atoms with Crippen LogP contribution in [-0.2, 0) is 9.59 Å². The molecule has 1 aliphatic rings. The van der Waals surface area contributed by atoms with Crippen molar-refractivity contribution in [3.63, 3.8) is 0 Å². The summed E-state index contributed by atoms with van der Waals surface area (Å²) < 4.78 is 0. The first-order valence-electron chi connectivity index (χ1n) is 7.45. The van der Waals surface area contributed by atoms with Crippen LogP contribution in [0.1, 0.15) is 18.5 Å². The highest BCUT2D eigenvalue weighted by molar-refractivity contribution is 6.52. The monoisotopic (exact) mass is 394 g/mol. The summed E-state index contributed by atoms with van der Waals surface area (Å²) in [5.74, 6) is -1.14. The molecule has 1 atom stereocenters. The molecule has 2 aromatic carbocycles. The van der Waals surface area contributed by atoms with Gasteiger partial charge in [0.1, 0.15) is 10.7 Å². The summed E-state index contributed by atoms with van der Waals surface area (Å²) >= 11 is 18.0. The van der Waals surface area contributed by atoms with Gasteiger partial charge >= 0.3 is 0 Å². The molecular formula is C18H13Cl3N2O2. The zero-order valence-electron chi connectivity index (χ0n) is 13.1. The van der Waals surface area contributed by atoms with Gasteiger partial charge in [0.05, 0.1) is 15.7 Å². The van der Waals surface area contributed by atoms with Gasteiger partial charge in [-0.05, 0) is 30.7 Å². The molecule has 0 aliphatic carbocycles. The van der Waals surface area contributed by atoms with Crippen LogP contribution in [-0.4, -0.2) is 11.8 Å². The van der Waals surface area contributed by atoms with Crippen LogP contribution in [0.2, 0.25) is 10.0 Å². The molecule has 4 nitrogen and oxygen atoms in total. The van der Waals surface area contributed by atoms with Gasteiger partial charge in [0.25, 0.3) is 11.8 Å². The molecule has 0 fully saturated rings. The molecule has 0 bridgehead atoms. The van der Waals surface area contributed by atoms with Gasteiger partial charge in [-0.15, -0.1) is 0 Å². The van der Waals surface area contributed by atoms with E-state index in [1.807, 2.05) is 37.3 Å². The van der Waals surface area contributed by atoms with Gasteiger partial charge in [-0.3, -0.25) is 9.59 Å². The summed E-state index contributed by atoms with van der Waals surface area (Å²) in [7, 11) is 0. The van der Waals surface area contributed by atoms with Crippen molar-refractivity contribution in [1.29, 1.82) is 0 Å². The Labute approximate surface area is 160 Å². The molecule has 1 heterocycles. The van der Waals surface area contributed by atoms with Crippen LogP contribution >= 0.6 is 34.8 Å². The smallest absolute Gasteiger partial charge is 0.283 e. The zero-order valence-corrected chi connectivity index (χ0v) is 15.4. The number of carbonyl (C=O) groups is 2. The molecule has 0 saturated carbocycles. The van der Waals surface area contributed by atoms with Gasteiger partial charge < -0.3 is 5.32 Å². The highest BCUT2D eigenvalue weighted by Gasteiger charge is 2.39. The number of nitrogens with zero attached hydrogens (tertiary/aromatic N) is 1. The number of hydrogen-bond donors (Lipinski definition) is 1. The van der Waals surface area contributed by atoms with E-state index in [2.05, 4.69) is 5.32 Å². The summed E-state index contributed by atoms with van der Waals surface area (Å²) in [5, 5.41) is 3.45. The Kier molecular flexibility index (Phi) is 5.04. The fourth-order valence-electron chi connectivity index (χ4n) is 2.53. The van der Waals surface area contributed by atoms with Gasteiger partial charge in [0.2, 0.25) is 0 Å². The Balaban J connectivity index is 1.88. The SMILES string of the molecule is CC(NC1=C(Cl)C(=O)N(c2ccc(Cl)c(Cl)c2)C1=O)c1ccccc1. The molecule has 0 aromatic heterocycles. The summed E-state index contributed by atoms with van der Waals surface area (Å²) in [4.78, 5) is 26.1. The minimum atomic E-state index is -0.604. The molecule has 2 aromatic rings. The number of anilines is 1. The third-order valence-electron chi connectivity index (χ3n) is 3.85. The Morgan fingerprint density at radius 1 is 0.920 bits per heavy atom. The maximum Gasteiger partial charge on any atom is 0.283 e. The summed E-state index contributed by atoms with van der Waals surface area (Å²) in [6, 6.07) is 13.8. The maximum absolute atomic E-state index is 12.7. The van der Waals surface area contributed by atoms with E-state index in [1.54, 1.807) is 0 Å². The van der Waals surface area contributed by atoms with E-state index in [1.165, 1.54) is 18.2 Å². The standard InChI is InChI=1S/C18H13Cl3N2O2/c1-10(11-5-3-2-4-6-11)22-16-15(21)17(24)23(18(16)25)12-7-8-13(19)14(20)9-12/h2-10,22H,1H3. The second-order valence-corrected chi connectivity index (χ2v) is 6.70. The lowest BCUT2D eigenvalue weighted by molar-refractivity contribution is -0.120. The van der Waals surface area contributed by atoms with Gasteiger partial charge in [-0.1, -0.05) is 65.1 Å². The van der Waals surface area contributed by atoms with Gasteiger partial charge in [-0.2, -0.15) is 0 Å². The Hall–Kier alpha value is -2.01. The molecule has 1 N–H and O–H groups in total. The van der Waals surface area contributed by atoms with Crippen molar-refractivity contribution in [2.24, 2.45) is 0 Å². The quantitative estimate of drug-likeness (QED) is 0.766. The normalized spacial score (nSPS) is 15.8. The minimum absolute atomic E-state index is 0.0640. The van der Waals surface area contributed by atoms with Crippen molar-refractivity contribution < 1.29 is 9.59 Å². The van der Waals surface area contributed by atoms with Crippen LogP contribution in [0, 0.1) is 0 Å². The number of rotatable bonds is 4. The number of halogens is 3. The van der Waals surface area contributed by atoms with E-state index < -0.39 is 11.8 Å². The summed E-state index contributed by atoms with van der Waals surface area (Å²) in [6.45, 7) is 1.88. The molecule has 3 rings (SSSR count). The third kappa shape index (κ3) is 3.38. The van der Waals surface area contributed by atoms with Crippen molar-refractivity contribution in [2.45, 2.75) is 13.0 Å². The van der Waals surface area contributed by atoms with Crippen molar-refractivity contribution >= 4 is 52.3 Å². The second-order valence-electron chi connectivity index (χ2n) is 5.51. The number of amides is 2. The topological polar surface area (TPSA) is 49.4 Å². The van der Waals surface area contributed by atoms with Gasteiger partial charge in [0, 0.05) is 6.04 Å². The van der Waals surface area contributed by atoms with Crippen LogP contribution in [0.5, 0.6) is 0 Å². The average molecular weight is 396 g/mol. The van der Waals surface area contributed by atoms with Crippen LogP contribution in [0.25, 0.3) is 0 Å². The molecule has 25 heavy (non-hydrogen) atoms. The average Bonchev–Trinajstić information content (AvgIpc) is 2.82. The molecule has 0 radical (unpaired) electrons. The summed E-state index contributed by atoms with van der Waals surface area (Å²) in [5.41, 5.74) is 1.34. The van der Waals surface area contributed by atoms with Crippen LogP contribution < -0.4 is 10.2 Å².